The Morgan fingerprint density at radius 1 is 1.00 bits per heavy atom. The molecule has 0 saturated carbocycles. The third-order valence-corrected chi connectivity index (χ3v) is 5.08. The van der Waals surface area contributed by atoms with E-state index >= 15 is 0 Å². The van der Waals surface area contributed by atoms with Gasteiger partial charge in [0.25, 0.3) is 0 Å². The lowest BCUT2D eigenvalue weighted by Crippen LogP contribution is -2.25. The molecule has 1 aromatic heterocycles. The number of aryl methyl sites for hydroxylation is 1. The van der Waals surface area contributed by atoms with Gasteiger partial charge in [-0.15, -0.1) is 0 Å². The van der Waals surface area contributed by atoms with Crippen LogP contribution in [0.1, 0.15) is 6.42 Å². The molecular weight excluding hydrogens is 444 g/mol. The van der Waals surface area contributed by atoms with Gasteiger partial charge in [0.1, 0.15) is 11.6 Å². The van der Waals surface area contributed by atoms with E-state index < -0.39 is 5.69 Å². The third-order valence-electron chi connectivity index (χ3n) is 3.90. The summed E-state index contributed by atoms with van der Waals surface area (Å²) in [7, 11) is 0. The number of hydrogen-bond donors (Lipinski definition) is 1. The van der Waals surface area contributed by atoms with Crippen molar-refractivity contribution in [3.8, 4) is 16.9 Å². The molecule has 3 rings (SSSR count). The van der Waals surface area contributed by atoms with Crippen molar-refractivity contribution in [1.29, 1.82) is 0 Å². The van der Waals surface area contributed by atoms with E-state index in [2.05, 4.69) is 4.98 Å². The second-order valence-corrected chi connectivity index (χ2v) is 7.64. The van der Waals surface area contributed by atoms with Crippen LogP contribution >= 0.6 is 46.4 Å². The average Bonchev–Trinajstić information content (AvgIpc) is 2.62. The van der Waals surface area contributed by atoms with Crippen molar-refractivity contribution >= 4 is 52.2 Å². The second-order valence-electron chi connectivity index (χ2n) is 5.95. The van der Waals surface area contributed by atoms with Crippen LogP contribution in [0.5, 0.6) is 5.75 Å². The smallest absolute Gasteiger partial charge is 0.349 e. The van der Waals surface area contributed by atoms with Gasteiger partial charge in [-0.05, 0) is 42.3 Å². The molecule has 1 heterocycles. The first kappa shape index (κ1) is 20.8. The van der Waals surface area contributed by atoms with Crippen molar-refractivity contribution in [2.45, 2.75) is 13.0 Å². The van der Waals surface area contributed by atoms with Crippen LogP contribution in [0, 0.1) is 0 Å². The molecule has 2 N–H and O–H groups in total. The number of halogens is 4. The summed E-state index contributed by atoms with van der Waals surface area (Å²) in [6.45, 7) is 0.768. The summed E-state index contributed by atoms with van der Waals surface area (Å²) in [6, 6.07) is 10.1. The summed E-state index contributed by atoms with van der Waals surface area (Å²) in [4.78, 5) is 16.0. The molecule has 3 aromatic rings. The summed E-state index contributed by atoms with van der Waals surface area (Å²) in [5, 5.41) is 1.81. The SMILES string of the molecule is Nc1nc(=O)n(CCCOc2cc(Cl)cc(Cl)c2)cc1-c1ccc(Cl)c(Cl)c1. The molecule has 2 aromatic carbocycles. The van der Waals surface area contributed by atoms with Gasteiger partial charge in [0, 0.05) is 28.4 Å². The van der Waals surface area contributed by atoms with Gasteiger partial charge in [-0.25, -0.2) is 4.79 Å². The lowest BCUT2D eigenvalue weighted by molar-refractivity contribution is 0.300. The number of benzene rings is 2. The number of nitrogens with zero attached hydrogens (tertiary/aromatic N) is 2. The molecule has 0 fully saturated rings. The number of ether oxygens (including phenoxy) is 1. The highest BCUT2D eigenvalue weighted by Gasteiger charge is 2.10. The molecule has 0 spiro atoms. The molecular formula is C19H15Cl4N3O2. The minimum absolute atomic E-state index is 0.129. The number of hydrogen-bond acceptors (Lipinski definition) is 4. The first-order chi connectivity index (χ1) is 13.3. The fourth-order valence-corrected chi connectivity index (χ4v) is 3.39. The molecule has 0 atom stereocenters. The van der Waals surface area contributed by atoms with E-state index in [-0.39, 0.29) is 5.82 Å². The summed E-state index contributed by atoms with van der Waals surface area (Å²) in [5.41, 5.74) is 6.80. The maximum atomic E-state index is 12.1. The number of nitrogen functional groups attached to an aromatic ring is 1. The molecule has 5 nitrogen and oxygen atoms in total. The Hall–Kier alpha value is -1.92. The van der Waals surface area contributed by atoms with Crippen LogP contribution in [0.2, 0.25) is 20.1 Å². The van der Waals surface area contributed by atoms with E-state index in [1.54, 1.807) is 42.6 Å². The predicted octanol–water partition coefficient (Wildman–Crippen LogP) is 5.58. The number of rotatable bonds is 6. The van der Waals surface area contributed by atoms with Gasteiger partial charge in [0.05, 0.1) is 16.7 Å². The highest BCUT2D eigenvalue weighted by Crippen LogP contribution is 2.30. The molecule has 0 unspecified atom stereocenters. The quantitative estimate of drug-likeness (QED) is 0.489. The van der Waals surface area contributed by atoms with Gasteiger partial charge >= 0.3 is 5.69 Å². The van der Waals surface area contributed by atoms with E-state index in [9.17, 15) is 4.79 Å². The van der Waals surface area contributed by atoms with Crippen LogP contribution in [0.4, 0.5) is 5.82 Å². The Morgan fingerprint density at radius 2 is 1.71 bits per heavy atom. The van der Waals surface area contributed by atoms with Gasteiger partial charge in [0.15, 0.2) is 0 Å². The molecule has 9 heteroatoms. The zero-order valence-electron chi connectivity index (χ0n) is 14.5. The van der Waals surface area contributed by atoms with Crippen LogP contribution in [0.3, 0.4) is 0 Å². The topological polar surface area (TPSA) is 70.1 Å². The van der Waals surface area contributed by atoms with E-state index in [4.69, 9.17) is 56.9 Å². The Morgan fingerprint density at radius 3 is 2.39 bits per heavy atom. The van der Waals surface area contributed by atoms with Crippen molar-refractivity contribution in [3.05, 3.63) is 73.2 Å². The predicted molar refractivity (Wildman–Crippen MR) is 115 cm³/mol. The molecule has 28 heavy (non-hydrogen) atoms. The fourth-order valence-electron chi connectivity index (χ4n) is 2.59. The Labute approximate surface area is 181 Å². The van der Waals surface area contributed by atoms with Crippen LogP contribution < -0.4 is 16.2 Å². The number of nitrogens with two attached hydrogens (primary N) is 1. The van der Waals surface area contributed by atoms with Gasteiger partial charge in [-0.2, -0.15) is 4.98 Å². The van der Waals surface area contributed by atoms with Crippen molar-refractivity contribution in [2.24, 2.45) is 0 Å². The van der Waals surface area contributed by atoms with Gasteiger partial charge < -0.3 is 10.5 Å². The lowest BCUT2D eigenvalue weighted by Gasteiger charge is -2.11. The monoisotopic (exact) mass is 457 g/mol. The normalized spacial score (nSPS) is 10.9. The van der Waals surface area contributed by atoms with Crippen molar-refractivity contribution in [1.82, 2.24) is 9.55 Å². The first-order valence-corrected chi connectivity index (χ1v) is 9.76. The maximum absolute atomic E-state index is 12.1. The highest BCUT2D eigenvalue weighted by atomic mass is 35.5. The van der Waals surface area contributed by atoms with Crippen LogP contribution in [0.25, 0.3) is 11.1 Å². The highest BCUT2D eigenvalue weighted by molar-refractivity contribution is 6.42. The van der Waals surface area contributed by atoms with Crippen LogP contribution in [0.15, 0.2) is 47.4 Å². The van der Waals surface area contributed by atoms with Crippen LogP contribution in [-0.4, -0.2) is 16.2 Å². The van der Waals surface area contributed by atoms with Gasteiger partial charge in [-0.1, -0.05) is 52.5 Å². The Balaban J connectivity index is 1.71. The molecule has 146 valence electrons. The maximum Gasteiger partial charge on any atom is 0.349 e. The van der Waals surface area contributed by atoms with Crippen molar-refractivity contribution < 1.29 is 4.74 Å². The largest absolute Gasteiger partial charge is 0.493 e. The summed E-state index contributed by atoms with van der Waals surface area (Å²) >= 11 is 23.9. The Kier molecular flexibility index (Phi) is 6.73. The minimum Gasteiger partial charge on any atom is -0.493 e. The molecule has 0 saturated heterocycles. The summed E-state index contributed by atoms with van der Waals surface area (Å²) < 4.78 is 7.11. The first-order valence-electron chi connectivity index (χ1n) is 8.25. The molecule has 0 radical (unpaired) electrons. The van der Waals surface area contributed by atoms with Gasteiger partial charge in [-0.3, -0.25) is 4.57 Å². The molecule has 0 aliphatic rings. The summed E-state index contributed by atoms with van der Waals surface area (Å²) in [5.74, 6) is 0.696. The lowest BCUT2D eigenvalue weighted by atomic mass is 10.1. The van der Waals surface area contributed by atoms with Crippen LogP contribution in [-0.2, 0) is 6.54 Å². The number of aromatic nitrogens is 2. The van der Waals surface area contributed by atoms with E-state index in [1.165, 1.54) is 4.57 Å². The second kappa shape index (κ2) is 9.05. The van der Waals surface area contributed by atoms with E-state index in [0.29, 0.717) is 51.0 Å². The fraction of sp³-hybridized carbons (Fsp3) is 0.158. The molecule has 0 bridgehead atoms. The third kappa shape index (κ3) is 5.11. The van der Waals surface area contributed by atoms with Crippen molar-refractivity contribution in [3.63, 3.8) is 0 Å². The zero-order valence-corrected chi connectivity index (χ0v) is 17.5. The van der Waals surface area contributed by atoms with E-state index in [0.717, 1.165) is 5.56 Å². The minimum atomic E-state index is -0.438. The van der Waals surface area contributed by atoms with E-state index in [1.807, 2.05) is 0 Å². The van der Waals surface area contributed by atoms with Gasteiger partial charge in [0.2, 0.25) is 0 Å². The zero-order chi connectivity index (χ0) is 20.3. The Bertz CT molecular complexity index is 1050. The molecule has 0 aliphatic carbocycles. The summed E-state index contributed by atoms with van der Waals surface area (Å²) in [6.07, 6.45) is 2.22. The average molecular weight is 459 g/mol. The standard InChI is InChI=1S/C19H15Cl4N3O2/c20-12-7-13(21)9-14(8-12)28-5-1-4-26-10-15(18(24)25-19(26)27)11-2-3-16(22)17(23)6-11/h2-3,6-10H,1,4-5H2,(H2,24,25,27). The molecule has 0 amide bonds. The molecule has 0 aliphatic heterocycles. The van der Waals surface area contributed by atoms with Crippen molar-refractivity contribution in [2.75, 3.05) is 12.3 Å². The number of anilines is 1.